The van der Waals surface area contributed by atoms with Crippen LogP contribution in [0.1, 0.15) is 83.6 Å². The number of oxime groups is 1. The summed E-state index contributed by atoms with van der Waals surface area (Å²) in [5.74, 6) is -2.70. The van der Waals surface area contributed by atoms with E-state index in [4.69, 9.17) is 9.57 Å². The van der Waals surface area contributed by atoms with Crippen molar-refractivity contribution < 1.29 is 24.0 Å². The maximum absolute atomic E-state index is 12.4. The van der Waals surface area contributed by atoms with Gasteiger partial charge in [-0.1, -0.05) is 93.9 Å². The van der Waals surface area contributed by atoms with Crippen molar-refractivity contribution >= 4 is 29.5 Å². The van der Waals surface area contributed by atoms with Gasteiger partial charge in [-0.3, -0.25) is 4.79 Å². The molecule has 0 saturated heterocycles. The highest BCUT2D eigenvalue weighted by atomic mass is 16.6. The molecule has 0 radical (unpaired) electrons. The highest BCUT2D eigenvalue weighted by Gasteiger charge is 2.23. The first-order valence-electron chi connectivity index (χ1n) is 11.3. The second-order valence-electron chi connectivity index (χ2n) is 7.37. The molecule has 31 heavy (non-hydrogen) atoms. The van der Waals surface area contributed by atoms with Crippen LogP contribution in [0.3, 0.4) is 0 Å². The van der Waals surface area contributed by atoms with Crippen molar-refractivity contribution in [2.45, 2.75) is 78.1 Å². The zero-order chi connectivity index (χ0) is 22.7. The van der Waals surface area contributed by atoms with Crippen molar-refractivity contribution in [2.75, 3.05) is 6.61 Å². The topological polar surface area (TPSA) is 82.0 Å². The van der Waals surface area contributed by atoms with Crippen molar-refractivity contribution in [2.24, 2.45) is 5.16 Å². The Morgan fingerprint density at radius 1 is 0.839 bits per heavy atom. The molecule has 6 heteroatoms. The number of carbonyl (C=O) groups excluding carboxylic acids is 3. The number of unbranched alkanes of at least 4 members (excludes halogenated alkanes) is 6. The summed E-state index contributed by atoms with van der Waals surface area (Å²) in [6.45, 7) is 4.33. The number of benzene rings is 1. The Labute approximate surface area is 185 Å². The molecule has 0 unspecified atom stereocenters. The summed E-state index contributed by atoms with van der Waals surface area (Å²) in [6.07, 6.45) is 11.4. The smallest absolute Gasteiger partial charge is 0.382 e. The Morgan fingerprint density at radius 2 is 1.48 bits per heavy atom. The molecule has 0 saturated carbocycles. The number of esters is 2. The van der Waals surface area contributed by atoms with Crippen LogP contribution in [0.2, 0.25) is 0 Å². The molecule has 6 nitrogen and oxygen atoms in total. The molecule has 170 valence electrons. The fourth-order valence-electron chi connectivity index (χ4n) is 2.83. The predicted octanol–water partition coefficient (Wildman–Crippen LogP) is 5.65. The van der Waals surface area contributed by atoms with E-state index in [-0.39, 0.29) is 18.7 Å². The van der Waals surface area contributed by atoms with E-state index >= 15 is 0 Å². The molecule has 0 bridgehead atoms. The summed E-state index contributed by atoms with van der Waals surface area (Å²) < 4.78 is 4.76. The lowest BCUT2D eigenvalue weighted by Gasteiger charge is -2.06. The Morgan fingerprint density at radius 3 is 2.13 bits per heavy atom. The first-order chi connectivity index (χ1) is 15.1. The van der Waals surface area contributed by atoms with Crippen LogP contribution in [-0.2, 0) is 24.0 Å². The summed E-state index contributed by atoms with van der Waals surface area (Å²) in [7, 11) is 0. The SMILES string of the molecule is CCCCCCC(=O)C(=O)OC(=O)C(CCCCCC)=NOC/C=C/c1ccccc1. The lowest BCUT2D eigenvalue weighted by atomic mass is 10.1. The van der Waals surface area contributed by atoms with Crippen LogP contribution in [0.4, 0.5) is 0 Å². The standard InChI is InChI=1S/C25H35NO5/c1-3-5-7-12-18-22(26-30-20-14-17-21-15-10-9-11-16-21)24(28)31-25(29)23(27)19-13-8-6-4-2/h9-11,14-17H,3-8,12-13,18-20H2,1-2H3/b17-14+,26-22?. The molecule has 0 spiro atoms. The average Bonchev–Trinajstić information content (AvgIpc) is 2.78. The third-order valence-electron chi connectivity index (χ3n) is 4.63. The molecule has 0 atom stereocenters. The number of Topliss-reactive ketones (excluding diaryl/α,β-unsaturated/α-hetero) is 1. The fraction of sp³-hybridized carbons (Fsp3) is 0.520. The Balaban J connectivity index is 2.58. The van der Waals surface area contributed by atoms with Crippen LogP contribution in [0, 0.1) is 0 Å². The van der Waals surface area contributed by atoms with Crippen molar-refractivity contribution in [3.63, 3.8) is 0 Å². The third-order valence-corrected chi connectivity index (χ3v) is 4.63. The number of ether oxygens (including phenoxy) is 1. The average molecular weight is 430 g/mol. The molecule has 0 amide bonds. The molecule has 1 aromatic rings. The second kappa shape index (κ2) is 17.0. The van der Waals surface area contributed by atoms with Gasteiger partial charge < -0.3 is 9.57 Å². The van der Waals surface area contributed by atoms with E-state index in [1.165, 1.54) is 0 Å². The lowest BCUT2D eigenvalue weighted by Crippen LogP contribution is -2.26. The van der Waals surface area contributed by atoms with Crippen LogP contribution >= 0.6 is 0 Å². The van der Waals surface area contributed by atoms with E-state index in [1.807, 2.05) is 36.4 Å². The lowest BCUT2D eigenvalue weighted by molar-refractivity contribution is -0.160. The zero-order valence-corrected chi connectivity index (χ0v) is 18.8. The monoisotopic (exact) mass is 429 g/mol. The van der Waals surface area contributed by atoms with E-state index in [9.17, 15) is 14.4 Å². The van der Waals surface area contributed by atoms with Gasteiger partial charge in [0.2, 0.25) is 5.78 Å². The van der Waals surface area contributed by atoms with Crippen molar-refractivity contribution in [1.82, 2.24) is 0 Å². The Kier molecular flexibility index (Phi) is 14.4. The van der Waals surface area contributed by atoms with Gasteiger partial charge in [0, 0.05) is 12.8 Å². The summed E-state index contributed by atoms with van der Waals surface area (Å²) in [5.41, 5.74) is 1.05. The minimum Gasteiger partial charge on any atom is -0.391 e. The minimum absolute atomic E-state index is 0.0244. The summed E-state index contributed by atoms with van der Waals surface area (Å²) in [6, 6.07) is 9.73. The Bertz CT molecular complexity index is 725. The van der Waals surface area contributed by atoms with Gasteiger partial charge in [-0.05, 0) is 24.5 Å². The first-order valence-corrected chi connectivity index (χ1v) is 11.3. The van der Waals surface area contributed by atoms with Crippen molar-refractivity contribution in [3.8, 4) is 0 Å². The number of hydrogen-bond acceptors (Lipinski definition) is 6. The van der Waals surface area contributed by atoms with Gasteiger partial charge in [-0.25, -0.2) is 9.59 Å². The second-order valence-corrected chi connectivity index (χ2v) is 7.37. The van der Waals surface area contributed by atoms with Gasteiger partial charge in [0.1, 0.15) is 6.61 Å². The fourth-order valence-corrected chi connectivity index (χ4v) is 2.83. The quantitative estimate of drug-likeness (QED) is 0.0846. The van der Waals surface area contributed by atoms with E-state index in [2.05, 4.69) is 19.0 Å². The van der Waals surface area contributed by atoms with E-state index in [1.54, 1.807) is 6.08 Å². The number of nitrogens with zero attached hydrogens (tertiary/aromatic N) is 1. The van der Waals surface area contributed by atoms with Crippen molar-refractivity contribution in [3.05, 3.63) is 42.0 Å². The zero-order valence-electron chi connectivity index (χ0n) is 18.8. The third kappa shape index (κ3) is 12.5. The molecule has 1 aromatic carbocycles. The van der Waals surface area contributed by atoms with E-state index in [0.717, 1.165) is 50.5 Å². The van der Waals surface area contributed by atoms with Gasteiger partial charge in [0.05, 0.1) is 0 Å². The molecule has 0 aliphatic heterocycles. The van der Waals surface area contributed by atoms with Gasteiger partial charge in [0.25, 0.3) is 0 Å². The van der Waals surface area contributed by atoms with Crippen LogP contribution in [0.25, 0.3) is 6.08 Å². The summed E-state index contributed by atoms with van der Waals surface area (Å²) in [5, 5.41) is 3.88. The number of rotatable bonds is 16. The van der Waals surface area contributed by atoms with E-state index < -0.39 is 17.7 Å². The normalized spacial score (nSPS) is 11.5. The maximum atomic E-state index is 12.4. The van der Waals surface area contributed by atoms with Crippen LogP contribution in [0.5, 0.6) is 0 Å². The molecular weight excluding hydrogens is 394 g/mol. The predicted molar refractivity (Wildman–Crippen MR) is 122 cm³/mol. The molecular formula is C25H35NO5. The van der Waals surface area contributed by atoms with Crippen LogP contribution in [0.15, 0.2) is 41.6 Å². The highest BCUT2D eigenvalue weighted by molar-refractivity contribution is 6.43. The Hall–Kier alpha value is -2.76. The highest BCUT2D eigenvalue weighted by Crippen LogP contribution is 2.08. The molecule has 1 rings (SSSR count). The molecule has 0 fully saturated rings. The molecule has 0 N–H and O–H groups in total. The maximum Gasteiger partial charge on any atom is 0.382 e. The first kappa shape index (κ1) is 26.3. The van der Waals surface area contributed by atoms with Gasteiger partial charge in [0.15, 0.2) is 5.71 Å². The van der Waals surface area contributed by atoms with Crippen LogP contribution in [-0.4, -0.2) is 30.0 Å². The largest absolute Gasteiger partial charge is 0.391 e. The van der Waals surface area contributed by atoms with Crippen molar-refractivity contribution in [1.29, 1.82) is 0 Å². The molecule has 0 aliphatic rings. The van der Waals surface area contributed by atoms with Gasteiger partial charge in [-0.15, -0.1) is 0 Å². The number of ketones is 1. The molecule has 0 aromatic heterocycles. The molecule has 0 aliphatic carbocycles. The van der Waals surface area contributed by atoms with Gasteiger partial charge >= 0.3 is 11.9 Å². The van der Waals surface area contributed by atoms with Gasteiger partial charge in [-0.2, -0.15) is 0 Å². The summed E-state index contributed by atoms with van der Waals surface area (Å²) >= 11 is 0. The number of carbonyl (C=O) groups is 3. The van der Waals surface area contributed by atoms with Crippen LogP contribution < -0.4 is 0 Å². The molecule has 0 heterocycles. The number of hydrogen-bond donors (Lipinski definition) is 0. The van der Waals surface area contributed by atoms with E-state index in [0.29, 0.717) is 12.8 Å². The summed E-state index contributed by atoms with van der Waals surface area (Å²) in [4.78, 5) is 41.4. The minimum atomic E-state index is -1.12.